The summed E-state index contributed by atoms with van der Waals surface area (Å²) in [6.07, 6.45) is 3.23. The summed E-state index contributed by atoms with van der Waals surface area (Å²) in [6.45, 7) is 0. The Morgan fingerprint density at radius 3 is 2.10 bits per heavy atom. The van der Waals surface area contributed by atoms with Crippen molar-refractivity contribution >= 4 is 33.9 Å². The van der Waals surface area contributed by atoms with E-state index in [4.69, 9.17) is 0 Å². The molecule has 3 nitrogen and oxygen atoms in total. The number of rotatable bonds is 2. The SMILES string of the molecule is COC(=O)/C=C/c1c2ccccc2nc2ccccc12. The van der Waals surface area contributed by atoms with Crippen LogP contribution in [0.5, 0.6) is 0 Å². The van der Waals surface area contributed by atoms with E-state index < -0.39 is 0 Å². The van der Waals surface area contributed by atoms with Crippen LogP contribution >= 0.6 is 0 Å². The molecule has 3 aromatic rings. The van der Waals surface area contributed by atoms with Gasteiger partial charge in [0.1, 0.15) is 0 Å². The Bertz CT molecular complexity index is 767. The Balaban J connectivity index is 2.33. The quantitative estimate of drug-likeness (QED) is 0.403. The second-order valence-electron chi connectivity index (χ2n) is 4.42. The molecule has 0 atom stereocenters. The van der Waals surface area contributed by atoms with Crippen LogP contribution in [0.25, 0.3) is 27.9 Å². The minimum absolute atomic E-state index is 0.366. The Kier molecular flexibility index (Phi) is 3.17. The van der Waals surface area contributed by atoms with Crippen LogP contribution < -0.4 is 0 Å². The van der Waals surface area contributed by atoms with Crippen molar-refractivity contribution in [3.63, 3.8) is 0 Å². The van der Waals surface area contributed by atoms with Gasteiger partial charge in [0.25, 0.3) is 0 Å². The molecule has 3 rings (SSSR count). The van der Waals surface area contributed by atoms with Crippen molar-refractivity contribution in [3.05, 3.63) is 60.2 Å². The topological polar surface area (TPSA) is 39.2 Å². The molecule has 0 amide bonds. The first-order valence-corrected chi connectivity index (χ1v) is 6.33. The molecular weight excluding hydrogens is 250 g/mol. The first kappa shape index (κ1) is 12.4. The Morgan fingerprint density at radius 2 is 1.55 bits per heavy atom. The van der Waals surface area contributed by atoms with E-state index in [9.17, 15) is 4.79 Å². The van der Waals surface area contributed by atoms with E-state index in [0.717, 1.165) is 27.4 Å². The summed E-state index contributed by atoms with van der Waals surface area (Å²) in [4.78, 5) is 16.0. The second kappa shape index (κ2) is 5.13. The lowest BCUT2D eigenvalue weighted by Gasteiger charge is -2.07. The predicted molar refractivity (Wildman–Crippen MR) is 80.3 cm³/mol. The van der Waals surface area contributed by atoms with Gasteiger partial charge in [0.05, 0.1) is 18.1 Å². The number of methoxy groups -OCH3 is 1. The van der Waals surface area contributed by atoms with Crippen molar-refractivity contribution in [2.45, 2.75) is 0 Å². The standard InChI is InChI=1S/C17H13NO2/c1-20-17(19)11-10-12-13-6-2-4-8-15(13)18-16-9-5-3-7-14(12)16/h2-11H,1H3/b11-10+. The summed E-state index contributed by atoms with van der Waals surface area (Å²) >= 11 is 0. The molecule has 0 spiro atoms. The average Bonchev–Trinajstić information content (AvgIpc) is 2.51. The molecule has 0 bridgehead atoms. The van der Waals surface area contributed by atoms with Crippen molar-refractivity contribution in [1.29, 1.82) is 0 Å². The van der Waals surface area contributed by atoms with Crippen molar-refractivity contribution in [1.82, 2.24) is 4.98 Å². The lowest BCUT2D eigenvalue weighted by atomic mass is 10.0. The van der Waals surface area contributed by atoms with Crippen molar-refractivity contribution < 1.29 is 9.53 Å². The third kappa shape index (κ3) is 2.14. The Labute approximate surface area is 116 Å². The average molecular weight is 263 g/mol. The first-order valence-electron chi connectivity index (χ1n) is 6.33. The molecule has 0 unspecified atom stereocenters. The highest BCUT2D eigenvalue weighted by atomic mass is 16.5. The van der Waals surface area contributed by atoms with Crippen LogP contribution in [0.2, 0.25) is 0 Å². The van der Waals surface area contributed by atoms with Gasteiger partial charge >= 0.3 is 5.97 Å². The van der Waals surface area contributed by atoms with Crippen LogP contribution in [0.1, 0.15) is 5.56 Å². The van der Waals surface area contributed by atoms with Gasteiger partial charge < -0.3 is 4.74 Å². The highest BCUT2D eigenvalue weighted by Gasteiger charge is 2.06. The van der Waals surface area contributed by atoms with Crippen LogP contribution in [0.4, 0.5) is 0 Å². The number of para-hydroxylation sites is 2. The van der Waals surface area contributed by atoms with Gasteiger partial charge in [-0.15, -0.1) is 0 Å². The maximum atomic E-state index is 11.3. The van der Waals surface area contributed by atoms with E-state index in [1.54, 1.807) is 6.08 Å². The molecule has 1 aromatic heterocycles. The summed E-state index contributed by atoms with van der Waals surface area (Å²) in [5, 5.41) is 2.04. The van der Waals surface area contributed by atoms with Gasteiger partial charge in [-0.2, -0.15) is 0 Å². The minimum atomic E-state index is -0.366. The summed E-state index contributed by atoms with van der Waals surface area (Å²) < 4.78 is 4.65. The molecule has 0 fully saturated rings. The molecule has 0 saturated heterocycles. The zero-order chi connectivity index (χ0) is 13.9. The van der Waals surface area contributed by atoms with Crippen LogP contribution in [0.3, 0.4) is 0 Å². The number of hydrogen-bond acceptors (Lipinski definition) is 3. The van der Waals surface area contributed by atoms with Gasteiger partial charge in [0, 0.05) is 16.8 Å². The maximum Gasteiger partial charge on any atom is 0.330 e. The van der Waals surface area contributed by atoms with E-state index in [0.29, 0.717) is 0 Å². The number of carbonyl (C=O) groups is 1. The van der Waals surface area contributed by atoms with Crippen LogP contribution in [-0.4, -0.2) is 18.1 Å². The number of fused-ring (bicyclic) bond motifs is 2. The van der Waals surface area contributed by atoms with Crippen LogP contribution in [-0.2, 0) is 9.53 Å². The van der Waals surface area contributed by atoms with E-state index >= 15 is 0 Å². The van der Waals surface area contributed by atoms with E-state index in [-0.39, 0.29) is 5.97 Å². The maximum absolute atomic E-state index is 11.3. The molecule has 0 radical (unpaired) electrons. The molecular formula is C17H13NO2. The molecule has 1 heterocycles. The number of aromatic nitrogens is 1. The van der Waals surface area contributed by atoms with Gasteiger partial charge in [-0.25, -0.2) is 9.78 Å². The van der Waals surface area contributed by atoms with Crippen molar-refractivity contribution in [2.24, 2.45) is 0 Å². The summed E-state index contributed by atoms with van der Waals surface area (Å²) in [5.74, 6) is -0.366. The Hall–Kier alpha value is -2.68. The highest BCUT2D eigenvalue weighted by Crippen LogP contribution is 2.26. The van der Waals surface area contributed by atoms with E-state index in [1.807, 2.05) is 48.5 Å². The minimum Gasteiger partial charge on any atom is -0.466 e. The molecule has 0 aliphatic heterocycles. The third-order valence-electron chi connectivity index (χ3n) is 3.22. The van der Waals surface area contributed by atoms with Crippen LogP contribution in [0, 0.1) is 0 Å². The third-order valence-corrected chi connectivity index (χ3v) is 3.22. The van der Waals surface area contributed by atoms with E-state index in [1.165, 1.54) is 13.2 Å². The molecule has 20 heavy (non-hydrogen) atoms. The summed E-state index contributed by atoms with van der Waals surface area (Å²) in [6, 6.07) is 15.8. The fourth-order valence-corrected chi connectivity index (χ4v) is 2.27. The predicted octanol–water partition coefficient (Wildman–Crippen LogP) is 3.57. The Morgan fingerprint density at radius 1 is 1.00 bits per heavy atom. The fourth-order valence-electron chi connectivity index (χ4n) is 2.27. The molecule has 3 heteroatoms. The normalized spacial score (nSPS) is 11.2. The van der Waals surface area contributed by atoms with Gasteiger partial charge in [-0.3, -0.25) is 0 Å². The lowest BCUT2D eigenvalue weighted by Crippen LogP contribution is -1.94. The smallest absolute Gasteiger partial charge is 0.330 e. The monoisotopic (exact) mass is 263 g/mol. The largest absolute Gasteiger partial charge is 0.466 e. The van der Waals surface area contributed by atoms with Gasteiger partial charge in [-0.05, 0) is 23.8 Å². The van der Waals surface area contributed by atoms with Crippen LogP contribution in [0.15, 0.2) is 54.6 Å². The molecule has 98 valence electrons. The zero-order valence-electron chi connectivity index (χ0n) is 11.0. The summed E-state index contributed by atoms with van der Waals surface area (Å²) in [5.41, 5.74) is 2.81. The number of hydrogen-bond donors (Lipinski definition) is 0. The fraction of sp³-hybridized carbons (Fsp3) is 0.0588. The number of pyridine rings is 1. The first-order chi connectivity index (χ1) is 9.79. The zero-order valence-corrected chi connectivity index (χ0v) is 11.0. The van der Waals surface area contributed by atoms with Crippen molar-refractivity contribution in [3.8, 4) is 0 Å². The van der Waals surface area contributed by atoms with Gasteiger partial charge in [0.2, 0.25) is 0 Å². The van der Waals surface area contributed by atoms with Gasteiger partial charge in [0.15, 0.2) is 0 Å². The molecule has 0 aliphatic rings. The molecule has 0 N–H and O–H groups in total. The van der Waals surface area contributed by atoms with Gasteiger partial charge in [-0.1, -0.05) is 36.4 Å². The van der Waals surface area contributed by atoms with Crippen molar-refractivity contribution in [2.75, 3.05) is 7.11 Å². The molecule has 2 aromatic carbocycles. The number of nitrogens with zero attached hydrogens (tertiary/aromatic N) is 1. The molecule has 0 aliphatic carbocycles. The highest BCUT2D eigenvalue weighted by molar-refractivity contribution is 6.04. The van der Waals surface area contributed by atoms with E-state index in [2.05, 4.69) is 9.72 Å². The number of carbonyl (C=O) groups excluding carboxylic acids is 1. The lowest BCUT2D eigenvalue weighted by molar-refractivity contribution is -0.134. The number of esters is 1. The number of benzene rings is 2. The summed E-state index contributed by atoms with van der Waals surface area (Å²) in [7, 11) is 1.37. The number of ether oxygens (including phenoxy) is 1. The second-order valence-corrected chi connectivity index (χ2v) is 4.42. The molecule has 0 saturated carbocycles.